The molecule has 1 unspecified atom stereocenters. The first kappa shape index (κ1) is 10.3. The Morgan fingerprint density at radius 2 is 1.80 bits per heavy atom. The molecule has 2 heteroatoms. The van der Waals surface area contributed by atoms with Gasteiger partial charge in [-0.1, -0.05) is 23.8 Å². The van der Waals surface area contributed by atoms with Gasteiger partial charge in [-0.25, -0.2) is 0 Å². The Hall–Kier alpha value is 0.312. The van der Waals surface area contributed by atoms with E-state index >= 15 is 0 Å². The van der Waals surface area contributed by atoms with Gasteiger partial charge in [0.2, 0.25) is 0 Å². The maximum atomic E-state index is 2.72. The van der Waals surface area contributed by atoms with E-state index in [1.807, 2.05) is 0 Å². The van der Waals surface area contributed by atoms with Gasteiger partial charge in [0.1, 0.15) is 0 Å². The smallest absolute Gasteiger partial charge is 0 e. The monoisotopic (exact) mass is 244 g/mol. The second kappa shape index (κ2) is 4.24. The Morgan fingerprint density at radius 1 is 1.20 bits per heavy atom. The Morgan fingerprint density at radius 3 is 2.20 bits per heavy atom. The largest absolute Gasteiger partial charge is 0.105 e. The SMILES string of the molecule is Cc1ccc(C)c(P)c1.[Pd]. The van der Waals surface area contributed by atoms with Crippen LogP contribution in [-0.2, 0) is 20.4 Å². The summed E-state index contributed by atoms with van der Waals surface area (Å²) in [5.74, 6) is 0. The minimum atomic E-state index is 0. The van der Waals surface area contributed by atoms with Crippen LogP contribution in [0.3, 0.4) is 0 Å². The zero-order chi connectivity index (χ0) is 6.85. The first-order valence-electron chi connectivity index (χ1n) is 3.03. The normalized spacial score (nSPS) is 8.70. The molecule has 1 aromatic rings. The summed E-state index contributed by atoms with van der Waals surface area (Å²) >= 11 is 0. The second-order valence-corrected chi connectivity index (χ2v) is 2.98. The van der Waals surface area contributed by atoms with E-state index in [9.17, 15) is 0 Å². The molecule has 1 atom stereocenters. The van der Waals surface area contributed by atoms with Crippen LogP contribution in [0.2, 0.25) is 0 Å². The molecule has 0 saturated heterocycles. The van der Waals surface area contributed by atoms with Crippen molar-refractivity contribution >= 4 is 14.5 Å². The van der Waals surface area contributed by atoms with Crippen LogP contribution in [-0.4, -0.2) is 0 Å². The zero-order valence-corrected chi connectivity index (χ0v) is 8.83. The molecule has 0 nitrogen and oxygen atoms in total. The molecule has 0 amide bonds. The Kier molecular flexibility index (Phi) is 4.38. The summed E-state index contributed by atoms with van der Waals surface area (Å²) in [7, 11) is 2.72. The molecular weight excluding hydrogens is 233 g/mol. The average molecular weight is 245 g/mol. The zero-order valence-electron chi connectivity index (χ0n) is 6.13. The fourth-order valence-corrected chi connectivity index (χ4v) is 1.12. The molecule has 0 aliphatic rings. The summed E-state index contributed by atoms with van der Waals surface area (Å²) in [6.45, 7) is 4.22. The minimum absolute atomic E-state index is 0. The van der Waals surface area contributed by atoms with Gasteiger partial charge >= 0.3 is 0 Å². The maximum absolute atomic E-state index is 2.72. The second-order valence-electron chi connectivity index (χ2n) is 2.36. The molecule has 0 N–H and O–H groups in total. The Labute approximate surface area is 78.3 Å². The molecule has 0 radical (unpaired) electrons. The van der Waals surface area contributed by atoms with E-state index in [-0.39, 0.29) is 20.4 Å². The van der Waals surface area contributed by atoms with Crippen LogP contribution >= 0.6 is 9.24 Å². The predicted octanol–water partition coefficient (Wildman–Crippen LogP) is 1.80. The van der Waals surface area contributed by atoms with E-state index in [0.29, 0.717) is 0 Å². The third-order valence-corrected chi connectivity index (χ3v) is 2.06. The van der Waals surface area contributed by atoms with E-state index in [0.717, 1.165) is 0 Å². The molecule has 10 heavy (non-hydrogen) atoms. The van der Waals surface area contributed by atoms with Gasteiger partial charge in [0, 0.05) is 20.4 Å². The van der Waals surface area contributed by atoms with Crippen LogP contribution < -0.4 is 5.30 Å². The van der Waals surface area contributed by atoms with Gasteiger partial charge < -0.3 is 0 Å². The fourth-order valence-electron chi connectivity index (χ4n) is 0.760. The molecule has 0 spiro atoms. The molecule has 0 aromatic heterocycles. The van der Waals surface area contributed by atoms with E-state index in [1.54, 1.807) is 0 Å². The van der Waals surface area contributed by atoms with E-state index in [2.05, 4.69) is 41.3 Å². The van der Waals surface area contributed by atoms with Crippen LogP contribution in [0.5, 0.6) is 0 Å². The minimum Gasteiger partial charge on any atom is -0.105 e. The van der Waals surface area contributed by atoms with E-state index < -0.39 is 0 Å². The average Bonchev–Trinajstić information content (AvgIpc) is 1.80. The molecule has 1 rings (SSSR count). The maximum Gasteiger partial charge on any atom is 0 e. The van der Waals surface area contributed by atoms with Crippen LogP contribution in [0.4, 0.5) is 0 Å². The summed E-state index contributed by atoms with van der Waals surface area (Å²) in [5, 5.41) is 1.30. The van der Waals surface area contributed by atoms with Crippen molar-refractivity contribution < 1.29 is 20.4 Å². The summed E-state index contributed by atoms with van der Waals surface area (Å²) in [4.78, 5) is 0. The molecular formula is C8H11PPd. The van der Waals surface area contributed by atoms with Gasteiger partial charge in [-0.15, -0.1) is 9.24 Å². The van der Waals surface area contributed by atoms with Crippen molar-refractivity contribution in [1.82, 2.24) is 0 Å². The molecule has 1 aromatic carbocycles. The predicted molar refractivity (Wildman–Crippen MR) is 45.3 cm³/mol. The fraction of sp³-hybridized carbons (Fsp3) is 0.250. The van der Waals surface area contributed by atoms with Crippen molar-refractivity contribution in [3.05, 3.63) is 29.3 Å². The van der Waals surface area contributed by atoms with Crippen molar-refractivity contribution in [1.29, 1.82) is 0 Å². The molecule has 0 bridgehead atoms. The summed E-state index contributed by atoms with van der Waals surface area (Å²) < 4.78 is 0. The molecule has 0 heterocycles. The molecule has 0 fully saturated rings. The van der Waals surface area contributed by atoms with E-state index in [4.69, 9.17) is 0 Å². The van der Waals surface area contributed by atoms with Crippen molar-refractivity contribution in [2.45, 2.75) is 13.8 Å². The quantitative estimate of drug-likeness (QED) is 0.482. The Bertz CT molecular complexity index is 220. The first-order valence-corrected chi connectivity index (χ1v) is 3.60. The van der Waals surface area contributed by atoms with Gasteiger partial charge in [0.05, 0.1) is 0 Å². The van der Waals surface area contributed by atoms with Crippen LogP contribution in [0.25, 0.3) is 0 Å². The topological polar surface area (TPSA) is 0 Å². The van der Waals surface area contributed by atoms with Gasteiger partial charge in [-0.3, -0.25) is 0 Å². The number of benzene rings is 1. The van der Waals surface area contributed by atoms with Crippen molar-refractivity contribution in [3.63, 3.8) is 0 Å². The van der Waals surface area contributed by atoms with E-state index in [1.165, 1.54) is 16.4 Å². The number of rotatable bonds is 0. The first-order chi connectivity index (χ1) is 4.20. The van der Waals surface area contributed by atoms with Crippen LogP contribution in [0, 0.1) is 13.8 Å². The van der Waals surface area contributed by atoms with Crippen molar-refractivity contribution in [3.8, 4) is 0 Å². The number of aryl methyl sites for hydroxylation is 2. The summed E-state index contributed by atoms with van der Waals surface area (Å²) in [5.41, 5.74) is 2.66. The molecule has 0 aliphatic heterocycles. The molecule has 0 saturated carbocycles. The summed E-state index contributed by atoms with van der Waals surface area (Å²) in [6.07, 6.45) is 0. The third kappa shape index (κ3) is 2.51. The van der Waals surface area contributed by atoms with Gasteiger partial charge in [0.15, 0.2) is 0 Å². The Balaban J connectivity index is 0.000000810. The van der Waals surface area contributed by atoms with Crippen LogP contribution in [0.15, 0.2) is 18.2 Å². The van der Waals surface area contributed by atoms with Crippen LogP contribution in [0.1, 0.15) is 11.1 Å². The summed E-state index contributed by atoms with van der Waals surface area (Å²) in [6, 6.07) is 6.43. The van der Waals surface area contributed by atoms with Gasteiger partial charge in [-0.2, -0.15) is 0 Å². The van der Waals surface area contributed by atoms with Gasteiger partial charge in [0.25, 0.3) is 0 Å². The number of hydrogen-bond acceptors (Lipinski definition) is 0. The van der Waals surface area contributed by atoms with Gasteiger partial charge in [-0.05, 0) is 24.7 Å². The molecule has 0 aliphatic carbocycles. The third-order valence-electron chi connectivity index (χ3n) is 1.43. The molecule has 58 valence electrons. The van der Waals surface area contributed by atoms with Crippen molar-refractivity contribution in [2.24, 2.45) is 0 Å². The number of hydrogen-bond donors (Lipinski definition) is 0. The standard InChI is InChI=1S/C8H11P.Pd/c1-6-3-4-7(2)8(9)5-6;/h3-5H,9H2,1-2H3;. The van der Waals surface area contributed by atoms with Crippen molar-refractivity contribution in [2.75, 3.05) is 0 Å².